The Morgan fingerprint density at radius 2 is 2.10 bits per heavy atom. The van der Waals surface area contributed by atoms with E-state index in [1.54, 1.807) is 11.8 Å². The molecule has 1 aliphatic rings. The molecule has 106 valence electrons. The molecule has 21 heavy (non-hydrogen) atoms. The van der Waals surface area contributed by atoms with Crippen molar-refractivity contribution in [1.82, 2.24) is 14.9 Å². The van der Waals surface area contributed by atoms with Crippen molar-refractivity contribution in [2.24, 2.45) is 5.10 Å². The summed E-state index contributed by atoms with van der Waals surface area (Å²) in [6.45, 7) is 4.18. The van der Waals surface area contributed by atoms with E-state index >= 15 is 0 Å². The lowest BCUT2D eigenvalue weighted by atomic mass is 10.2. The molecule has 4 rings (SSSR count). The summed E-state index contributed by atoms with van der Waals surface area (Å²) in [6, 6.07) is 10.0. The standard InChI is InChI=1S/C15H14N4OS/c1-9(2)14-16-17-15-19(14)18-11(8-21-15)13-7-10-5-3-4-6-12(10)20-13/h3-7,9H,8H2,1-2H3. The zero-order valence-electron chi connectivity index (χ0n) is 11.8. The van der Waals surface area contributed by atoms with Crippen LogP contribution in [0.3, 0.4) is 0 Å². The fourth-order valence-corrected chi connectivity index (χ4v) is 3.17. The molecular formula is C15H14N4OS. The van der Waals surface area contributed by atoms with Crippen molar-refractivity contribution in [3.8, 4) is 0 Å². The van der Waals surface area contributed by atoms with Crippen LogP contribution < -0.4 is 0 Å². The Kier molecular flexibility index (Phi) is 2.85. The Balaban J connectivity index is 1.81. The molecule has 5 nitrogen and oxygen atoms in total. The molecule has 0 amide bonds. The van der Waals surface area contributed by atoms with E-state index in [0.29, 0.717) is 0 Å². The normalized spacial score (nSPS) is 14.5. The quantitative estimate of drug-likeness (QED) is 0.726. The van der Waals surface area contributed by atoms with E-state index in [4.69, 9.17) is 4.42 Å². The summed E-state index contributed by atoms with van der Waals surface area (Å²) in [5, 5.41) is 15.0. The minimum Gasteiger partial charge on any atom is -0.455 e. The fourth-order valence-electron chi connectivity index (χ4n) is 2.35. The highest BCUT2D eigenvalue weighted by Gasteiger charge is 2.22. The van der Waals surface area contributed by atoms with Crippen LogP contribution >= 0.6 is 11.8 Å². The first-order valence-electron chi connectivity index (χ1n) is 6.87. The van der Waals surface area contributed by atoms with Crippen molar-refractivity contribution in [2.75, 3.05) is 5.75 Å². The Labute approximate surface area is 126 Å². The maximum atomic E-state index is 5.90. The number of hydrogen-bond acceptors (Lipinski definition) is 5. The maximum absolute atomic E-state index is 5.90. The summed E-state index contributed by atoms with van der Waals surface area (Å²) in [5.41, 5.74) is 1.81. The minimum atomic E-state index is 0.283. The number of benzene rings is 1. The lowest BCUT2D eigenvalue weighted by Crippen LogP contribution is -2.14. The molecule has 0 saturated heterocycles. The van der Waals surface area contributed by atoms with Crippen LogP contribution in [0.4, 0.5) is 0 Å². The SMILES string of the molecule is CC(C)c1nnc2n1N=C(c1cc3ccccc3o1)CS2. The van der Waals surface area contributed by atoms with Gasteiger partial charge in [0.15, 0.2) is 11.6 Å². The Bertz CT molecular complexity index is 813. The summed E-state index contributed by atoms with van der Waals surface area (Å²) >= 11 is 1.64. The molecule has 3 heterocycles. The number of fused-ring (bicyclic) bond motifs is 2. The molecule has 3 aromatic rings. The summed E-state index contributed by atoms with van der Waals surface area (Å²) in [7, 11) is 0. The molecule has 0 fully saturated rings. The summed E-state index contributed by atoms with van der Waals surface area (Å²) in [5.74, 6) is 2.73. The van der Waals surface area contributed by atoms with Crippen LogP contribution in [0.15, 0.2) is 45.0 Å². The van der Waals surface area contributed by atoms with Gasteiger partial charge in [0, 0.05) is 17.1 Å². The van der Waals surface area contributed by atoms with Gasteiger partial charge in [0.05, 0.1) is 0 Å². The average Bonchev–Trinajstić information content (AvgIpc) is 3.10. The number of aromatic nitrogens is 3. The second-order valence-corrected chi connectivity index (χ2v) is 6.23. The summed E-state index contributed by atoms with van der Waals surface area (Å²) < 4.78 is 7.74. The molecule has 1 aromatic carbocycles. The van der Waals surface area contributed by atoms with Crippen molar-refractivity contribution in [1.29, 1.82) is 0 Å². The number of furan rings is 1. The monoisotopic (exact) mass is 298 g/mol. The first-order valence-corrected chi connectivity index (χ1v) is 7.86. The van der Waals surface area contributed by atoms with E-state index in [1.165, 1.54) is 0 Å². The number of nitrogens with zero attached hydrogens (tertiary/aromatic N) is 4. The van der Waals surface area contributed by atoms with Crippen LogP contribution in [0, 0.1) is 0 Å². The molecule has 0 N–H and O–H groups in total. The molecule has 0 bridgehead atoms. The number of rotatable bonds is 2. The predicted molar refractivity (Wildman–Crippen MR) is 83.0 cm³/mol. The van der Waals surface area contributed by atoms with Gasteiger partial charge in [-0.25, -0.2) is 0 Å². The van der Waals surface area contributed by atoms with Gasteiger partial charge in [0.1, 0.15) is 11.3 Å². The number of hydrogen-bond donors (Lipinski definition) is 0. The number of thioether (sulfide) groups is 1. The molecule has 0 unspecified atom stereocenters. The fraction of sp³-hybridized carbons (Fsp3) is 0.267. The Hall–Kier alpha value is -2.08. The van der Waals surface area contributed by atoms with Gasteiger partial charge in [0.2, 0.25) is 5.16 Å². The molecule has 0 radical (unpaired) electrons. The highest BCUT2D eigenvalue weighted by atomic mass is 32.2. The van der Waals surface area contributed by atoms with Crippen LogP contribution in [-0.2, 0) is 0 Å². The van der Waals surface area contributed by atoms with Crippen LogP contribution in [-0.4, -0.2) is 26.3 Å². The highest BCUT2D eigenvalue weighted by Crippen LogP contribution is 2.28. The summed E-state index contributed by atoms with van der Waals surface area (Å²) in [6.07, 6.45) is 0. The van der Waals surface area contributed by atoms with Crippen molar-refractivity contribution in [3.05, 3.63) is 41.9 Å². The smallest absolute Gasteiger partial charge is 0.212 e. The maximum Gasteiger partial charge on any atom is 0.212 e. The van der Waals surface area contributed by atoms with Crippen LogP contribution in [0.2, 0.25) is 0 Å². The van der Waals surface area contributed by atoms with Gasteiger partial charge in [-0.3, -0.25) is 0 Å². The van der Waals surface area contributed by atoms with Crippen molar-refractivity contribution in [2.45, 2.75) is 24.9 Å². The lowest BCUT2D eigenvalue weighted by molar-refractivity contribution is 0.598. The molecule has 1 aliphatic heterocycles. The van der Waals surface area contributed by atoms with Crippen LogP contribution in [0.5, 0.6) is 0 Å². The van der Waals surface area contributed by atoms with Crippen molar-refractivity contribution >= 4 is 28.4 Å². The van der Waals surface area contributed by atoms with E-state index in [9.17, 15) is 0 Å². The second kappa shape index (κ2) is 4.73. The first-order chi connectivity index (χ1) is 10.2. The molecule has 0 atom stereocenters. The molecular weight excluding hydrogens is 284 g/mol. The van der Waals surface area contributed by atoms with Crippen molar-refractivity contribution in [3.63, 3.8) is 0 Å². The van der Waals surface area contributed by atoms with Crippen molar-refractivity contribution < 1.29 is 4.42 Å². The van der Waals surface area contributed by atoms with E-state index < -0.39 is 0 Å². The van der Waals surface area contributed by atoms with Gasteiger partial charge < -0.3 is 4.42 Å². The molecule has 0 aliphatic carbocycles. The molecule has 6 heteroatoms. The van der Waals surface area contributed by atoms with Gasteiger partial charge in [-0.15, -0.1) is 10.2 Å². The average molecular weight is 298 g/mol. The van der Waals surface area contributed by atoms with Gasteiger partial charge in [-0.05, 0) is 12.1 Å². The summed E-state index contributed by atoms with van der Waals surface area (Å²) in [4.78, 5) is 0. The van der Waals surface area contributed by atoms with Gasteiger partial charge in [0.25, 0.3) is 0 Å². The predicted octanol–water partition coefficient (Wildman–Crippen LogP) is 3.51. The highest BCUT2D eigenvalue weighted by molar-refractivity contribution is 7.99. The van der Waals surface area contributed by atoms with Gasteiger partial charge >= 0.3 is 0 Å². The first kappa shape index (κ1) is 12.6. The van der Waals surface area contributed by atoms with Crippen LogP contribution in [0.1, 0.15) is 31.4 Å². The molecule has 0 saturated carbocycles. The van der Waals surface area contributed by atoms with E-state index in [2.05, 4.69) is 29.1 Å². The molecule has 0 spiro atoms. The molecule has 2 aromatic heterocycles. The Morgan fingerprint density at radius 1 is 1.24 bits per heavy atom. The van der Waals surface area contributed by atoms with Gasteiger partial charge in [-0.2, -0.15) is 9.78 Å². The third-order valence-corrected chi connectivity index (χ3v) is 4.35. The third kappa shape index (κ3) is 2.06. The van der Waals surface area contributed by atoms with Crippen LogP contribution in [0.25, 0.3) is 11.0 Å². The van der Waals surface area contributed by atoms with E-state index in [0.717, 1.165) is 39.2 Å². The largest absolute Gasteiger partial charge is 0.455 e. The van der Waals surface area contributed by atoms with E-state index in [1.807, 2.05) is 35.0 Å². The zero-order valence-corrected chi connectivity index (χ0v) is 12.6. The minimum absolute atomic E-state index is 0.283. The second-order valence-electron chi connectivity index (χ2n) is 5.29. The topological polar surface area (TPSA) is 56.2 Å². The van der Waals surface area contributed by atoms with Gasteiger partial charge in [-0.1, -0.05) is 43.8 Å². The third-order valence-electron chi connectivity index (χ3n) is 3.42. The number of para-hydroxylation sites is 1. The Morgan fingerprint density at radius 3 is 2.90 bits per heavy atom. The lowest BCUT2D eigenvalue weighted by Gasteiger charge is -2.13. The zero-order chi connectivity index (χ0) is 14.4. The van der Waals surface area contributed by atoms with E-state index in [-0.39, 0.29) is 5.92 Å².